The molecule has 0 bridgehead atoms. The third-order valence-electron chi connectivity index (χ3n) is 3.74. The van der Waals surface area contributed by atoms with Crippen molar-refractivity contribution in [3.63, 3.8) is 0 Å². The van der Waals surface area contributed by atoms with Crippen LogP contribution in [0.2, 0.25) is 0 Å². The van der Waals surface area contributed by atoms with Gasteiger partial charge in [0, 0.05) is 29.2 Å². The second-order valence-corrected chi connectivity index (χ2v) is 5.65. The number of anilines is 2. The van der Waals surface area contributed by atoms with Gasteiger partial charge in [-0.1, -0.05) is 12.1 Å². The lowest BCUT2D eigenvalue weighted by Crippen LogP contribution is -2.19. The van der Waals surface area contributed by atoms with Crippen LogP contribution in [0.25, 0.3) is 11.1 Å². The highest BCUT2D eigenvalue weighted by atomic mass is 19.3. The number of aromatic nitrogens is 1. The van der Waals surface area contributed by atoms with Crippen molar-refractivity contribution >= 4 is 17.4 Å². The lowest BCUT2D eigenvalue weighted by molar-refractivity contribution is -0.0498. The fourth-order valence-electron chi connectivity index (χ4n) is 2.46. The summed E-state index contributed by atoms with van der Waals surface area (Å²) in [6.07, 6.45) is 1.68. The van der Waals surface area contributed by atoms with E-state index in [0.717, 1.165) is 11.1 Å². The maximum atomic E-state index is 12.2. The lowest BCUT2D eigenvalue weighted by Gasteiger charge is -2.10. The van der Waals surface area contributed by atoms with Crippen LogP contribution in [0, 0.1) is 0 Å². The van der Waals surface area contributed by atoms with Crippen molar-refractivity contribution in [3.05, 3.63) is 66.9 Å². The highest BCUT2D eigenvalue weighted by Gasteiger charge is 2.07. The first-order valence-electron chi connectivity index (χ1n) is 8.27. The number of methoxy groups -OCH3 is 1. The Hall–Kier alpha value is -3.68. The number of nitrogens with one attached hydrogen (secondary N) is 2. The molecule has 2 aromatic carbocycles. The standard InChI is InChI=1S/C20H17F2N3O3/c1-27-18-10-5-14(12-23-18)13-3-2-4-16(11-13)25-20(26)24-15-6-8-17(9-7-15)28-19(21)22/h2-12,19H,1H3,(H2,24,25,26). The number of alkyl halides is 2. The summed E-state index contributed by atoms with van der Waals surface area (Å²) < 4.78 is 33.6. The molecular weight excluding hydrogens is 368 g/mol. The Balaban J connectivity index is 1.63. The molecule has 2 N–H and O–H groups in total. The van der Waals surface area contributed by atoms with Gasteiger partial charge in [-0.25, -0.2) is 9.78 Å². The van der Waals surface area contributed by atoms with Crippen LogP contribution in [0.4, 0.5) is 25.0 Å². The fourth-order valence-corrected chi connectivity index (χ4v) is 2.46. The Labute approximate surface area is 160 Å². The Morgan fingerprint density at radius 3 is 2.36 bits per heavy atom. The number of ether oxygens (including phenoxy) is 2. The molecule has 1 heterocycles. The molecule has 3 rings (SSSR count). The molecule has 6 nitrogen and oxygen atoms in total. The fraction of sp³-hybridized carbons (Fsp3) is 0.100. The van der Waals surface area contributed by atoms with E-state index in [9.17, 15) is 13.6 Å². The van der Waals surface area contributed by atoms with Crippen LogP contribution in [0.15, 0.2) is 66.9 Å². The summed E-state index contributed by atoms with van der Waals surface area (Å²) in [7, 11) is 1.55. The number of carbonyl (C=O) groups is 1. The van der Waals surface area contributed by atoms with Gasteiger partial charge in [0.05, 0.1) is 7.11 Å². The van der Waals surface area contributed by atoms with Crippen molar-refractivity contribution in [1.29, 1.82) is 0 Å². The predicted octanol–water partition coefficient (Wildman–Crippen LogP) is 5.00. The summed E-state index contributed by atoms with van der Waals surface area (Å²) in [5, 5.41) is 5.35. The van der Waals surface area contributed by atoms with E-state index in [-0.39, 0.29) is 5.75 Å². The average Bonchev–Trinajstić information content (AvgIpc) is 2.69. The number of hydrogen-bond donors (Lipinski definition) is 2. The first-order valence-corrected chi connectivity index (χ1v) is 8.27. The largest absolute Gasteiger partial charge is 0.481 e. The van der Waals surface area contributed by atoms with Gasteiger partial charge < -0.3 is 20.1 Å². The van der Waals surface area contributed by atoms with E-state index in [1.807, 2.05) is 24.3 Å². The highest BCUT2D eigenvalue weighted by Crippen LogP contribution is 2.24. The number of rotatable bonds is 6. The van der Waals surface area contributed by atoms with E-state index in [2.05, 4.69) is 20.4 Å². The summed E-state index contributed by atoms with van der Waals surface area (Å²) in [5.41, 5.74) is 2.78. The zero-order valence-electron chi connectivity index (χ0n) is 14.9. The summed E-state index contributed by atoms with van der Waals surface area (Å²) in [4.78, 5) is 16.3. The molecule has 0 fully saturated rings. The number of pyridine rings is 1. The molecule has 3 aromatic rings. The average molecular weight is 385 g/mol. The molecule has 8 heteroatoms. The van der Waals surface area contributed by atoms with Gasteiger partial charge >= 0.3 is 12.6 Å². The number of amides is 2. The number of nitrogens with zero attached hydrogens (tertiary/aromatic N) is 1. The molecule has 2 amide bonds. The van der Waals surface area contributed by atoms with E-state index in [0.29, 0.717) is 17.3 Å². The quantitative estimate of drug-likeness (QED) is 0.626. The zero-order valence-corrected chi connectivity index (χ0v) is 14.9. The van der Waals surface area contributed by atoms with Gasteiger partial charge in [0.2, 0.25) is 5.88 Å². The Bertz CT molecular complexity index is 932. The van der Waals surface area contributed by atoms with Crippen molar-refractivity contribution in [3.8, 4) is 22.8 Å². The molecular formula is C20H17F2N3O3. The smallest absolute Gasteiger partial charge is 0.387 e. The zero-order chi connectivity index (χ0) is 19.9. The topological polar surface area (TPSA) is 72.5 Å². The number of halogens is 2. The lowest BCUT2D eigenvalue weighted by atomic mass is 10.1. The Morgan fingerprint density at radius 1 is 0.964 bits per heavy atom. The van der Waals surface area contributed by atoms with Crippen LogP contribution < -0.4 is 20.1 Å². The minimum absolute atomic E-state index is 0.0155. The first kappa shape index (κ1) is 19.1. The molecule has 0 unspecified atom stereocenters. The van der Waals surface area contributed by atoms with Crippen LogP contribution in [0.5, 0.6) is 11.6 Å². The summed E-state index contributed by atoms with van der Waals surface area (Å²) in [6.45, 7) is -2.89. The third kappa shape index (κ3) is 5.16. The van der Waals surface area contributed by atoms with Gasteiger partial charge in [0.15, 0.2) is 0 Å². The second-order valence-electron chi connectivity index (χ2n) is 5.65. The molecule has 0 atom stereocenters. The first-order chi connectivity index (χ1) is 13.5. The van der Waals surface area contributed by atoms with Crippen LogP contribution in [-0.4, -0.2) is 24.7 Å². The van der Waals surface area contributed by atoms with Crippen molar-refractivity contribution in [2.24, 2.45) is 0 Å². The number of benzene rings is 2. The molecule has 0 aliphatic carbocycles. The molecule has 0 spiro atoms. The molecule has 0 saturated heterocycles. The monoisotopic (exact) mass is 385 g/mol. The van der Waals surface area contributed by atoms with E-state index in [1.165, 1.54) is 24.3 Å². The molecule has 1 aromatic heterocycles. The van der Waals surface area contributed by atoms with Gasteiger partial charge in [0.1, 0.15) is 5.75 Å². The predicted molar refractivity (Wildman–Crippen MR) is 102 cm³/mol. The van der Waals surface area contributed by atoms with Crippen LogP contribution in [0.3, 0.4) is 0 Å². The van der Waals surface area contributed by atoms with E-state index < -0.39 is 12.6 Å². The molecule has 28 heavy (non-hydrogen) atoms. The minimum Gasteiger partial charge on any atom is -0.481 e. The Morgan fingerprint density at radius 2 is 1.71 bits per heavy atom. The van der Waals surface area contributed by atoms with Crippen molar-refractivity contribution in [2.75, 3.05) is 17.7 Å². The van der Waals surface area contributed by atoms with Crippen molar-refractivity contribution < 1.29 is 23.0 Å². The van der Waals surface area contributed by atoms with Gasteiger partial charge in [-0.3, -0.25) is 0 Å². The number of carbonyl (C=O) groups excluding carboxylic acids is 1. The normalized spacial score (nSPS) is 10.4. The van der Waals surface area contributed by atoms with Crippen molar-refractivity contribution in [2.45, 2.75) is 6.61 Å². The van der Waals surface area contributed by atoms with Gasteiger partial charge in [0.25, 0.3) is 0 Å². The third-order valence-corrected chi connectivity index (χ3v) is 3.74. The molecule has 0 radical (unpaired) electrons. The summed E-state index contributed by atoms with van der Waals surface area (Å²) >= 11 is 0. The molecule has 0 aliphatic heterocycles. The molecule has 144 valence electrons. The van der Waals surface area contributed by atoms with E-state index in [1.54, 1.807) is 25.4 Å². The van der Waals surface area contributed by atoms with Gasteiger partial charge in [-0.15, -0.1) is 0 Å². The van der Waals surface area contributed by atoms with Gasteiger partial charge in [-0.05, 0) is 48.0 Å². The molecule has 0 aliphatic rings. The van der Waals surface area contributed by atoms with Crippen LogP contribution >= 0.6 is 0 Å². The van der Waals surface area contributed by atoms with Crippen LogP contribution in [0.1, 0.15) is 0 Å². The highest BCUT2D eigenvalue weighted by molar-refractivity contribution is 6.00. The van der Waals surface area contributed by atoms with E-state index in [4.69, 9.17) is 4.74 Å². The number of urea groups is 1. The van der Waals surface area contributed by atoms with Gasteiger partial charge in [-0.2, -0.15) is 8.78 Å². The Kier molecular flexibility index (Phi) is 6.01. The maximum Gasteiger partial charge on any atom is 0.387 e. The van der Waals surface area contributed by atoms with Crippen molar-refractivity contribution in [1.82, 2.24) is 4.98 Å². The SMILES string of the molecule is COc1ccc(-c2cccc(NC(=O)Nc3ccc(OC(F)F)cc3)c2)cn1. The molecule has 0 saturated carbocycles. The number of hydrogen-bond acceptors (Lipinski definition) is 4. The summed E-state index contributed by atoms with van der Waals surface area (Å²) in [6, 6.07) is 16.1. The van der Waals surface area contributed by atoms with Crippen LogP contribution in [-0.2, 0) is 0 Å². The minimum atomic E-state index is -2.89. The van der Waals surface area contributed by atoms with E-state index >= 15 is 0 Å². The summed E-state index contributed by atoms with van der Waals surface area (Å²) in [5.74, 6) is 0.532. The maximum absolute atomic E-state index is 12.2. The second kappa shape index (κ2) is 8.81.